The molecule has 1 N–H and O–H groups in total. The number of benzene rings is 2. The standard InChI is InChI=1S/C27H27ClFN5O4/c1-13-5-6-14-9-30-25(35)17(14)16(13)18-20(28)23-19-22(21(18)29)31-12-32-24(19)34-8-7-33(10-15(34)11-37-23)26(36)38-27(2,3)4/h5-6,12,15H,7-11H2,1-4H3,(H,30,35)/t15-/m0/s1. The first-order valence-corrected chi connectivity index (χ1v) is 12.9. The monoisotopic (exact) mass is 539 g/mol. The van der Waals surface area contributed by atoms with Gasteiger partial charge in [-0.25, -0.2) is 19.2 Å². The minimum atomic E-state index is -0.636. The second kappa shape index (κ2) is 8.69. The van der Waals surface area contributed by atoms with Crippen LogP contribution in [0.15, 0.2) is 18.5 Å². The van der Waals surface area contributed by atoms with Crippen molar-refractivity contribution in [2.24, 2.45) is 0 Å². The predicted octanol–water partition coefficient (Wildman–Crippen LogP) is 4.46. The molecule has 3 aliphatic rings. The molecule has 198 valence electrons. The second-order valence-corrected chi connectivity index (χ2v) is 11.2. The van der Waals surface area contributed by atoms with Crippen LogP contribution in [-0.2, 0) is 11.3 Å². The number of rotatable bonds is 1. The molecule has 0 bridgehead atoms. The summed E-state index contributed by atoms with van der Waals surface area (Å²) < 4.78 is 28.2. The third-order valence-corrected chi connectivity index (χ3v) is 7.50. The molecule has 6 rings (SSSR count). The number of nitrogens with one attached hydrogen (secondary N) is 1. The number of aromatic nitrogens is 2. The zero-order chi connectivity index (χ0) is 26.9. The molecule has 1 atom stereocenters. The van der Waals surface area contributed by atoms with E-state index < -0.39 is 17.5 Å². The number of nitrogens with zero attached hydrogens (tertiary/aromatic N) is 4. The number of hydrogen-bond donors (Lipinski definition) is 1. The van der Waals surface area contributed by atoms with Crippen molar-refractivity contribution in [2.75, 3.05) is 31.1 Å². The van der Waals surface area contributed by atoms with Crippen molar-refractivity contribution in [3.05, 3.63) is 46.0 Å². The van der Waals surface area contributed by atoms with Crippen LogP contribution in [0, 0.1) is 12.7 Å². The van der Waals surface area contributed by atoms with Crippen LogP contribution in [0.1, 0.15) is 42.3 Å². The van der Waals surface area contributed by atoms with Crippen LogP contribution in [0.5, 0.6) is 5.75 Å². The van der Waals surface area contributed by atoms with E-state index in [2.05, 4.69) is 15.3 Å². The maximum absolute atomic E-state index is 16.3. The van der Waals surface area contributed by atoms with E-state index in [1.54, 1.807) is 4.90 Å². The van der Waals surface area contributed by atoms with Crippen molar-refractivity contribution in [3.63, 3.8) is 0 Å². The van der Waals surface area contributed by atoms with E-state index in [-0.39, 0.29) is 40.4 Å². The highest BCUT2D eigenvalue weighted by Gasteiger charge is 2.38. The molecule has 2 amide bonds. The lowest BCUT2D eigenvalue weighted by Gasteiger charge is -2.41. The van der Waals surface area contributed by atoms with Crippen molar-refractivity contribution >= 4 is 40.3 Å². The minimum Gasteiger partial charge on any atom is -0.489 e. The maximum atomic E-state index is 16.3. The minimum absolute atomic E-state index is 0.0612. The van der Waals surface area contributed by atoms with Gasteiger partial charge in [-0.1, -0.05) is 23.7 Å². The van der Waals surface area contributed by atoms with Crippen molar-refractivity contribution in [1.82, 2.24) is 20.2 Å². The molecule has 3 aliphatic heterocycles. The molecular weight excluding hydrogens is 513 g/mol. The molecule has 9 nitrogen and oxygen atoms in total. The summed E-state index contributed by atoms with van der Waals surface area (Å²) in [6, 6.07) is 3.45. The number of carbonyl (C=O) groups is 2. The summed E-state index contributed by atoms with van der Waals surface area (Å²) in [5, 5.41) is 3.25. The number of hydrogen-bond acceptors (Lipinski definition) is 7. The van der Waals surface area contributed by atoms with Gasteiger partial charge in [0.25, 0.3) is 5.91 Å². The fraction of sp³-hybridized carbons (Fsp3) is 0.407. The number of carbonyl (C=O) groups excluding carboxylic acids is 2. The van der Waals surface area contributed by atoms with E-state index in [1.165, 1.54) is 6.33 Å². The first kappa shape index (κ1) is 24.7. The van der Waals surface area contributed by atoms with Gasteiger partial charge >= 0.3 is 6.09 Å². The van der Waals surface area contributed by atoms with Gasteiger partial charge in [0.2, 0.25) is 0 Å². The third kappa shape index (κ3) is 3.81. The molecule has 0 radical (unpaired) electrons. The molecule has 3 aromatic rings. The van der Waals surface area contributed by atoms with Gasteiger partial charge in [0.15, 0.2) is 11.6 Å². The molecule has 1 fully saturated rings. The number of amides is 2. The van der Waals surface area contributed by atoms with E-state index in [4.69, 9.17) is 21.1 Å². The highest BCUT2D eigenvalue weighted by atomic mass is 35.5. The summed E-state index contributed by atoms with van der Waals surface area (Å²) in [6.07, 6.45) is 0.921. The van der Waals surface area contributed by atoms with E-state index in [1.807, 2.05) is 44.7 Å². The highest BCUT2D eigenvalue weighted by Crippen LogP contribution is 2.49. The summed E-state index contributed by atoms with van der Waals surface area (Å²) >= 11 is 6.92. The SMILES string of the molecule is Cc1ccc2c(c1-c1c(Cl)c3c4c(ncnc4c1F)N1CCN(C(=O)OC(C)(C)C)C[C@H]1CO3)C(=O)NC2. The molecule has 4 heterocycles. The Hall–Kier alpha value is -3.66. The van der Waals surface area contributed by atoms with Crippen LogP contribution in [0.2, 0.25) is 5.02 Å². The predicted molar refractivity (Wildman–Crippen MR) is 140 cm³/mol. The lowest BCUT2D eigenvalue weighted by atomic mass is 9.91. The van der Waals surface area contributed by atoms with Crippen LogP contribution >= 0.6 is 11.6 Å². The fourth-order valence-electron chi connectivity index (χ4n) is 5.45. The zero-order valence-corrected chi connectivity index (χ0v) is 22.3. The number of piperazine rings is 1. The van der Waals surface area contributed by atoms with Crippen LogP contribution in [0.25, 0.3) is 22.0 Å². The van der Waals surface area contributed by atoms with Gasteiger partial charge in [0, 0.05) is 37.3 Å². The number of anilines is 1. The summed E-state index contributed by atoms with van der Waals surface area (Å²) in [4.78, 5) is 37.9. The van der Waals surface area contributed by atoms with Gasteiger partial charge in [-0.05, 0) is 38.8 Å². The Balaban J connectivity index is 1.47. The van der Waals surface area contributed by atoms with Gasteiger partial charge in [0.05, 0.1) is 22.0 Å². The summed E-state index contributed by atoms with van der Waals surface area (Å²) in [7, 11) is 0. The van der Waals surface area contributed by atoms with Crippen LogP contribution in [0.3, 0.4) is 0 Å². The normalized spacial score (nSPS) is 18.5. The second-order valence-electron chi connectivity index (χ2n) is 10.8. The Kier molecular flexibility index (Phi) is 5.64. The van der Waals surface area contributed by atoms with E-state index in [0.717, 1.165) is 5.56 Å². The number of fused-ring (bicyclic) bond motifs is 3. The Morgan fingerprint density at radius 3 is 2.76 bits per heavy atom. The first-order chi connectivity index (χ1) is 18.0. The smallest absolute Gasteiger partial charge is 0.410 e. The van der Waals surface area contributed by atoms with Gasteiger partial charge in [0.1, 0.15) is 29.9 Å². The molecule has 0 spiro atoms. The van der Waals surface area contributed by atoms with Gasteiger partial charge in [-0.15, -0.1) is 0 Å². The summed E-state index contributed by atoms with van der Waals surface area (Å²) in [5.41, 5.74) is 1.86. The van der Waals surface area contributed by atoms with E-state index >= 15 is 4.39 Å². The van der Waals surface area contributed by atoms with Crippen molar-refractivity contribution in [2.45, 2.75) is 45.9 Å². The van der Waals surface area contributed by atoms with Crippen LogP contribution in [0.4, 0.5) is 15.0 Å². The van der Waals surface area contributed by atoms with E-state index in [0.29, 0.717) is 54.1 Å². The van der Waals surface area contributed by atoms with Crippen molar-refractivity contribution in [3.8, 4) is 16.9 Å². The summed E-state index contributed by atoms with van der Waals surface area (Å²) in [5.74, 6) is -0.148. The number of aryl methyl sites for hydroxylation is 1. The molecule has 11 heteroatoms. The Bertz CT molecular complexity index is 1520. The van der Waals surface area contributed by atoms with Gasteiger partial charge < -0.3 is 24.6 Å². The lowest BCUT2D eigenvalue weighted by Crippen LogP contribution is -2.57. The maximum Gasteiger partial charge on any atom is 0.410 e. The van der Waals surface area contributed by atoms with Gasteiger partial charge in [-0.2, -0.15) is 0 Å². The number of halogens is 2. The highest BCUT2D eigenvalue weighted by molar-refractivity contribution is 6.37. The van der Waals surface area contributed by atoms with Crippen molar-refractivity contribution < 1.29 is 23.5 Å². The third-order valence-electron chi connectivity index (χ3n) is 7.14. The Morgan fingerprint density at radius 1 is 1.21 bits per heavy atom. The molecule has 0 aliphatic carbocycles. The molecule has 38 heavy (non-hydrogen) atoms. The molecule has 0 unspecified atom stereocenters. The summed E-state index contributed by atoms with van der Waals surface area (Å²) in [6.45, 7) is 9.04. The first-order valence-electron chi connectivity index (χ1n) is 12.5. The lowest BCUT2D eigenvalue weighted by molar-refractivity contribution is 0.0202. The van der Waals surface area contributed by atoms with Crippen LogP contribution in [-0.4, -0.2) is 64.8 Å². The average Bonchev–Trinajstić information content (AvgIpc) is 3.15. The molecule has 1 saturated heterocycles. The largest absolute Gasteiger partial charge is 0.489 e. The fourth-order valence-corrected chi connectivity index (χ4v) is 5.78. The van der Waals surface area contributed by atoms with Crippen LogP contribution < -0.4 is 15.0 Å². The molecule has 0 saturated carbocycles. The molecular formula is C27H27ClFN5O4. The average molecular weight is 540 g/mol. The zero-order valence-electron chi connectivity index (χ0n) is 21.5. The topological polar surface area (TPSA) is 96.9 Å². The van der Waals surface area contributed by atoms with Crippen molar-refractivity contribution in [1.29, 1.82) is 0 Å². The molecule has 1 aromatic heterocycles. The molecule has 2 aromatic carbocycles. The quantitative estimate of drug-likeness (QED) is 0.487. The Morgan fingerprint density at radius 2 is 2.00 bits per heavy atom. The van der Waals surface area contributed by atoms with E-state index in [9.17, 15) is 9.59 Å². The van der Waals surface area contributed by atoms with Gasteiger partial charge in [-0.3, -0.25) is 4.79 Å². The Labute approximate surface area is 223 Å². The number of ether oxygens (including phenoxy) is 2.